The number of rotatable bonds is 9. The maximum atomic E-state index is 14.2. The number of alkyl halides is 2. The van der Waals surface area contributed by atoms with Crippen LogP contribution in [0.4, 0.5) is 24.7 Å². The Morgan fingerprint density at radius 2 is 2.11 bits per heavy atom. The van der Waals surface area contributed by atoms with E-state index in [-0.39, 0.29) is 41.7 Å². The maximum absolute atomic E-state index is 14.2. The maximum Gasteiger partial charge on any atom is 0.302 e. The fraction of sp³-hybridized carbons (Fsp3) is 0.235. The number of hydrogen-bond acceptors (Lipinski definition) is 5. The molecule has 0 spiro atoms. The number of benzene rings is 1. The zero-order valence-electron chi connectivity index (χ0n) is 14.2. The van der Waals surface area contributed by atoms with Crippen molar-refractivity contribution >= 4 is 45.6 Å². The van der Waals surface area contributed by atoms with Crippen molar-refractivity contribution in [3.8, 4) is 0 Å². The summed E-state index contributed by atoms with van der Waals surface area (Å²) in [5.41, 5.74) is 2.65. The first-order chi connectivity index (χ1) is 12.8. The number of aromatic nitrogens is 1. The first-order valence-electron chi connectivity index (χ1n) is 7.68. The van der Waals surface area contributed by atoms with Gasteiger partial charge in [0.05, 0.1) is 30.3 Å². The summed E-state index contributed by atoms with van der Waals surface area (Å²) in [6.45, 7) is 3.44. The van der Waals surface area contributed by atoms with E-state index >= 15 is 0 Å². The predicted octanol–water partition coefficient (Wildman–Crippen LogP) is 3.44. The van der Waals surface area contributed by atoms with Gasteiger partial charge in [0, 0.05) is 16.2 Å². The Bertz CT molecular complexity index is 855. The Labute approximate surface area is 167 Å². The number of nitrogens with zero attached hydrogens (tertiary/aromatic N) is 1. The average molecular weight is 495 g/mol. The topological polar surface area (TPSA) is 75.5 Å². The largest absolute Gasteiger partial charge is 0.394 e. The highest BCUT2D eigenvalue weighted by atomic mass is 127. The summed E-state index contributed by atoms with van der Waals surface area (Å²) in [4.78, 5) is 16.7. The second kappa shape index (κ2) is 9.24. The highest BCUT2D eigenvalue weighted by molar-refractivity contribution is 14.1. The van der Waals surface area contributed by atoms with E-state index in [2.05, 4.69) is 17.4 Å². The monoisotopic (exact) mass is 495 g/mol. The number of Topliss-reactive ketones (excluding diaryl/α,β-unsaturated/α-hetero) is 1. The SMILES string of the molecule is C=C(NOCCO)c1cc(C(=O)C(F)F)n(C)c1Nc1ccc(I)cc1F. The summed E-state index contributed by atoms with van der Waals surface area (Å²) >= 11 is 1.95. The van der Waals surface area contributed by atoms with Gasteiger partial charge in [0.25, 0.3) is 0 Å². The number of aliphatic hydroxyl groups is 1. The number of hydroxylamine groups is 1. The van der Waals surface area contributed by atoms with E-state index in [1.54, 1.807) is 6.07 Å². The van der Waals surface area contributed by atoms with Gasteiger partial charge in [-0.15, -0.1) is 0 Å². The number of anilines is 2. The minimum absolute atomic E-state index is 0.0385. The van der Waals surface area contributed by atoms with Crippen molar-refractivity contribution in [2.45, 2.75) is 6.43 Å². The number of carbonyl (C=O) groups excluding carboxylic acids is 1. The van der Waals surface area contributed by atoms with E-state index in [0.29, 0.717) is 3.57 Å². The van der Waals surface area contributed by atoms with Gasteiger partial charge in [0.2, 0.25) is 5.78 Å². The van der Waals surface area contributed by atoms with E-state index in [1.807, 2.05) is 22.6 Å². The molecular formula is C17H17F3IN3O3. The summed E-state index contributed by atoms with van der Waals surface area (Å²) in [5.74, 6) is -1.76. The van der Waals surface area contributed by atoms with Crippen LogP contribution < -0.4 is 10.8 Å². The Morgan fingerprint density at radius 1 is 1.41 bits per heavy atom. The Balaban J connectivity index is 2.45. The number of aliphatic hydroxyl groups excluding tert-OH is 1. The molecule has 0 radical (unpaired) electrons. The molecule has 0 aliphatic rings. The lowest BCUT2D eigenvalue weighted by Crippen LogP contribution is -2.16. The van der Waals surface area contributed by atoms with Crippen molar-refractivity contribution < 1.29 is 27.9 Å². The molecule has 3 N–H and O–H groups in total. The summed E-state index contributed by atoms with van der Waals surface area (Å²) in [6.07, 6.45) is -3.19. The molecular weight excluding hydrogens is 478 g/mol. The van der Waals surface area contributed by atoms with Gasteiger partial charge in [-0.3, -0.25) is 15.1 Å². The first-order valence-corrected chi connectivity index (χ1v) is 8.76. The van der Waals surface area contributed by atoms with Crippen LogP contribution in [0.1, 0.15) is 16.1 Å². The standard InChI is InChI=1S/C17H17F3IN3O3/c1-9(23-27-6-5-25)11-8-14(15(26)16(19)20)24(2)17(11)22-13-4-3-10(21)7-12(13)18/h3-4,7-8,16,22-23,25H,1,5-6H2,2H3. The van der Waals surface area contributed by atoms with Crippen molar-refractivity contribution in [2.24, 2.45) is 7.05 Å². The molecule has 1 aromatic carbocycles. The minimum Gasteiger partial charge on any atom is -0.394 e. The fourth-order valence-electron chi connectivity index (χ4n) is 2.29. The lowest BCUT2D eigenvalue weighted by atomic mass is 10.2. The van der Waals surface area contributed by atoms with E-state index in [1.165, 1.54) is 29.8 Å². The molecule has 0 saturated heterocycles. The molecule has 0 amide bonds. The summed E-state index contributed by atoms with van der Waals surface area (Å²) in [6, 6.07) is 5.66. The van der Waals surface area contributed by atoms with Gasteiger partial charge in [-0.25, -0.2) is 13.2 Å². The summed E-state index contributed by atoms with van der Waals surface area (Å²) in [5, 5.41) is 11.6. The molecule has 27 heavy (non-hydrogen) atoms. The molecule has 146 valence electrons. The van der Waals surface area contributed by atoms with E-state index in [9.17, 15) is 18.0 Å². The van der Waals surface area contributed by atoms with Crippen LogP contribution >= 0.6 is 22.6 Å². The van der Waals surface area contributed by atoms with Crippen molar-refractivity contribution in [1.29, 1.82) is 0 Å². The third-order valence-corrected chi connectivity index (χ3v) is 4.25. The lowest BCUT2D eigenvalue weighted by molar-refractivity contribution is 0.0482. The van der Waals surface area contributed by atoms with Crippen LogP contribution in [0.15, 0.2) is 30.8 Å². The number of nitrogens with one attached hydrogen (secondary N) is 2. The molecule has 0 atom stereocenters. The van der Waals surface area contributed by atoms with Crippen molar-refractivity contribution in [3.63, 3.8) is 0 Å². The first kappa shape index (κ1) is 21.3. The minimum atomic E-state index is -3.19. The van der Waals surface area contributed by atoms with E-state index < -0.39 is 18.0 Å². The lowest BCUT2D eigenvalue weighted by Gasteiger charge is -2.14. The van der Waals surface area contributed by atoms with Crippen molar-refractivity contribution in [3.05, 3.63) is 51.5 Å². The molecule has 1 aromatic heterocycles. The zero-order chi connectivity index (χ0) is 20.1. The third kappa shape index (κ3) is 5.02. The van der Waals surface area contributed by atoms with Crippen LogP contribution in [0, 0.1) is 9.39 Å². The van der Waals surface area contributed by atoms with Crippen LogP contribution in [-0.2, 0) is 11.9 Å². The molecule has 6 nitrogen and oxygen atoms in total. The van der Waals surface area contributed by atoms with Crippen LogP contribution in [0.5, 0.6) is 0 Å². The Hall–Kier alpha value is -2.05. The normalized spacial score (nSPS) is 10.9. The summed E-state index contributed by atoms with van der Waals surface area (Å²) < 4.78 is 41.8. The van der Waals surface area contributed by atoms with Gasteiger partial charge in [0.1, 0.15) is 11.6 Å². The Kier molecular flexibility index (Phi) is 7.27. The molecule has 0 unspecified atom stereocenters. The smallest absolute Gasteiger partial charge is 0.302 e. The molecule has 2 rings (SSSR count). The second-order valence-electron chi connectivity index (χ2n) is 5.42. The molecule has 0 aliphatic carbocycles. The van der Waals surface area contributed by atoms with Gasteiger partial charge in [-0.2, -0.15) is 0 Å². The van der Waals surface area contributed by atoms with Crippen LogP contribution in [0.25, 0.3) is 5.70 Å². The van der Waals surface area contributed by atoms with E-state index in [4.69, 9.17) is 9.94 Å². The Morgan fingerprint density at radius 3 is 2.70 bits per heavy atom. The van der Waals surface area contributed by atoms with Gasteiger partial charge < -0.3 is 15.0 Å². The van der Waals surface area contributed by atoms with Crippen molar-refractivity contribution in [2.75, 3.05) is 18.5 Å². The summed E-state index contributed by atoms with van der Waals surface area (Å²) in [7, 11) is 1.40. The molecule has 0 saturated carbocycles. The molecule has 1 heterocycles. The number of carbonyl (C=O) groups is 1. The molecule has 0 bridgehead atoms. The van der Waals surface area contributed by atoms with Gasteiger partial charge in [0.15, 0.2) is 0 Å². The average Bonchev–Trinajstić information content (AvgIpc) is 2.93. The third-order valence-electron chi connectivity index (χ3n) is 3.58. The highest BCUT2D eigenvalue weighted by Crippen LogP contribution is 2.31. The number of hydrogen-bond donors (Lipinski definition) is 3. The van der Waals surface area contributed by atoms with Crippen LogP contribution in [0.2, 0.25) is 0 Å². The molecule has 0 fully saturated rings. The van der Waals surface area contributed by atoms with Gasteiger partial charge >= 0.3 is 6.43 Å². The highest BCUT2D eigenvalue weighted by Gasteiger charge is 2.26. The number of ketones is 1. The van der Waals surface area contributed by atoms with Gasteiger partial charge in [-0.05, 0) is 46.9 Å². The van der Waals surface area contributed by atoms with Crippen molar-refractivity contribution in [1.82, 2.24) is 10.0 Å². The molecule has 2 aromatic rings. The number of halogens is 4. The predicted molar refractivity (Wildman–Crippen MR) is 103 cm³/mol. The van der Waals surface area contributed by atoms with Crippen LogP contribution in [0.3, 0.4) is 0 Å². The molecule has 10 heteroatoms. The fourth-order valence-corrected chi connectivity index (χ4v) is 2.74. The van der Waals surface area contributed by atoms with E-state index in [0.717, 1.165) is 0 Å². The van der Waals surface area contributed by atoms with Crippen LogP contribution in [-0.4, -0.2) is 35.1 Å². The van der Waals surface area contributed by atoms with Gasteiger partial charge in [-0.1, -0.05) is 6.58 Å². The molecule has 0 aliphatic heterocycles. The quantitative estimate of drug-likeness (QED) is 0.215. The second-order valence-corrected chi connectivity index (χ2v) is 6.66. The zero-order valence-corrected chi connectivity index (χ0v) is 16.4.